The molecule has 2 aliphatic rings. The van der Waals surface area contributed by atoms with E-state index in [0.717, 1.165) is 42.9 Å². The zero-order chi connectivity index (χ0) is 30.4. The summed E-state index contributed by atoms with van der Waals surface area (Å²) in [5.41, 5.74) is 2.00. The number of pyridine rings is 3. The van der Waals surface area contributed by atoms with Gasteiger partial charge >= 0.3 is 0 Å². The predicted molar refractivity (Wildman–Crippen MR) is 160 cm³/mol. The molecule has 6 rings (SSSR count). The second-order valence-corrected chi connectivity index (χ2v) is 12.5. The molecule has 2 fully saturated rings. The molecule has 4 aromatic rings. The third kappa shape index (κ3) is 5.83. The fraction of sp³-hybridized carbons (Fsp3) is 0.406. The molecular weight excluding hydrogens is 546 g/mol. The molecule has 1 amide bonds. The number of anilines is 1. The third-order valence-electron chi connectivity index (χ3n) is 8.31. The number of nitrogens with zero attached hydrogens (tertiary/aromatic N) is 6. The van der Waals surface area contributed by atoms with Crippen LogP contribution in [0.15, 0.2) is 55.1 Å². The Labute approximate surface area is 250 Å². The Kier molecular flexibility index (Phi) is 7.18. The molecule has 2 N–H and O–H groups in total. The normalized spacial score (nSPS) is 21.4. The van der Waals surface area contributed by atoms with E-state index in [1.807, 2.05) is 24.4 Å². The van der Waals surface area contributed by atoms with Crippen LogP contribution < -0.4 is 19.7 Å². The smallest absolute Gasteiger partial charge is 0.253 e. The summed E-state index contributed by atoms with van der Waals surface area (Å²) < 4.78 is 12.6. The number of carbonyl (C=O) groups excluding carboxylic acids is 1. The van der Waals surface area contributed by atoms with Crippen molar-refractivity contribution in [1.29, 1.82) is 5.26 Å². The lowest BCUT2D eigenvalue weighted by Crippen LogP contribution is -2.45. The molecule has 5 heterocycles. The summed E-state index contributed by atoms with van der Waals surface area (Å²) in [5, 5.41) is 27.4. The van der Waals surface area contributed by atoms with Crippen molar-refractivity contribution >= 4 is 17.2 Å². The number of methoxy groups -OCH3 is 1. The second kappa shape index (κ2) is 10.9. The number of amides is 1. The van der Waals surface area contributed by atoms with Gasteiger partial charge in [0.25, 0.3) is 5.91 Å². The minimum Gasteiger partial charge on any atom is -0.489 e. The molecule has 0 bridgehead atoms. The molecule has 1 saturated heterocycles. The standard InChI is InChI=1S/C32H35N7O4/c1-31(2,41)19-43-25-9-26(29-24(12-33)15-36-39(29)18-25)20-5-7-27(34-13-20)38-16-22-10-32(3,11-23(22)17-38)37-30(40)21-6-8-28(42-4)35-14-21/h5-9,13-15,18,22-23,41H,10-11,16-17,19H2,1-4H3,(H,37,40)/t22-,23+,32?. The fourth-order valence-electron chi connectivity index (χ4n) is 6.38. The van der Waals surface area contributed by atoms with Crippen LogP contribution in [0.2, 0.25) is 0 Å². The van der Waals surface area contributed by atoms with Gasteiger partial charge in [0.15, 0.2) is 0 Å². The zero-order valence-corrected chi connectivity index (χ0v) is 24.7. The van der Waals surface area contributed by atoms with E-state index in [9.17, 15) is 15.2 Å². The number of rotatable bonds is 8. The minimum atomic E-state index is -0.995. The van der Waals surface area contributed by atoms with E-state index in [-0.39, 0.29) is 18.1 Å². The number of nitrogens with one attached hydrogen (secondary N) is 1. The number of aromatic nitrogens is 4. The molecular formula is C32H35N7O4. The highest BCUT2D eigenvalue weighted by Gasteiger charge is 2.47. The predicted octanol–water partition coefficient (Wildman–Crippen LogP) is 3.86. The number of ether oxygens (including phenoxy) is 2. The largest absolute Gasteiger partial charge is 0.489 e. The second-order valence-electron chi connectivity index (χ2n) is 12.5. The molecule has 43 heavy (non-hydrogen) atoms. The lowest BCUT2D eigenvalue weighted by Gasteiger charge is -2.29. The van der Waals surface area contributed by atoms with Gasteiger partial charge in [0.2, 0.25) is 5.88 Å². The SMILES string of the molecule is COc1ccc(C(=O)NC2(C)C[C@H]3CN(c4ccc(-c5cc(OCC(C)(C)O)cn6ncc(C#N)c56)cn4)C[C@H]3C2)cn1. The van der Waals surface area contributed by atoms with Gasteiger partial charge in [0.1, 0.15) is 24.2 Å². The average molecular weight is 582 g/mol. The highest BCUT2D eigenvalue weighted by Crippen LogP contribution is 2.45. The summed E-state index contributed by atoms with van der Waals surface area (Å²) in [6, 6.07) is 11.5. The van der Waals surface area contributed by atoms with E-state index in [1.54, 1.807) is 50.0 Å². The first kappa shape index (κ1) is 28.4. The molecule has 11 heteroatoms. The maximum atomic E-state index is 12.9. The van der Waals surface area contributed by atoms with Gasteiger partial charge in [-0.1, -0.05) is 0 Å². The van der Waals surface area contributed by atoms with E-state index in [1.165, 1.54) is 6.20 Å². The van der Waals surface area contributed by atoms with Crippen LogP contribution in [-0.2, 0) is 0 Å². The molecule has 4 aromatic heterocycles. The maximum absolute atomic E-state index is 12.9. The van der Waals surface area contributed by atoms with Gasteiger partial charge in [-0.25, -0.2) is 14.5 Å². The van der Waals surface area contributed by atoms with Crippen molar-refractivity contribution in [3.05, 3.63) is 66.2 Å². The summed E-state index contributed by atoms with van der Waals surface area (Å²) in [6.45, 7) is 7.35. The first-order chi connectivity index (χ1) is 20.5. The van der Waals surface area contributed by atoms with Gasteiger partial charge in [-0.15, -0.1) is 0 Å². The molecule has 11 nitrogen and oxygen atoms in total. The minimum absolute atomic E-state index is 0.111. The van der Waals surface area contributed by atoms with E-state index in [4.69, 9.17) is 14.5 Å². The molecule has 0 aromatic carbocycles. The highest BCUT2D eigenvalue weighted by molar-refractivity contribution is 5.94. The zero-order valence-electron chi connectivity index (χ0n) is 24.7. The Morgan fingerprint density at radius 2 is 1.93 bits per heavy atom. The first-order valence-corrected chi connectivity index (χ1v) is 14.3. The molecule has 1 saturated carbocycles. The van der Waals surface area contributed by atoms with Crippen molar-refractivity contribution in [2.45, 2.75) is 44.8 Å². The van der Waals surface area contributed by atoms with Gasteiger partial charge in [-0.3, -0.25) is 4.79 Å². The van der Waals surface area contributed by atoms with Crippen LogP contribution in [0.3, 0.4) is 0 Å². The van der Waals surface area contributed by atoms with Crippen molar-refractivity contribution in [2.75, 3.05) is 31.7 Å². The lowest BCUT2D eigenvalue weighted by atomic mass is 9.97. The average Bonchev–Trinajstić information content (AvgIpc) is 3.66. The molecule has 1 aliphatic carbocycles. The van der Waals surface area contributed by atoms with Crippen LogP contribution in [0, 0.1) is 23.2 Å². The van der Waals surface area contributed by atoms with Crippen LogP contribution in [0.1, 0.15) is 49.5 Å². The number of hydrogen-bond acceptors (Lipinski definition) is 9. The monoisotopic (exact) mass is 581 g/mol. The Bertz CT molecular complexity index is 1670. The number of hydrogen-bond donors (Lipinski definition) is 2. The third-order valence-corrected chi connectivity index (χ3v) is 8.31. The maximum Gasteiger partial charge on any atom is 0.253 e. The van der Waals surface area contributed by atoms with Crippen molar-refractivity contribution in [1.82, 2.24) is 24.9 Å². The number of aliphatic hydroxyl groups is 1. The van der Waals surface area contributed by atoms with Crippen molar-refractivity contribution < 1.29 is 19.4 Å². The van der Waals surface area contributed by atoms with Crippen molar-refractivity contribution in [3.63, 3.8) is 0 Å². The molecule has 1 aliphatic heterocycles. The van der Waals surface area contributed by atoms with E-state index in [2.05, 4.69) is 33.3 Å². The summed E-state index contributed by atoms with van der Waals surface area (Å²) >= 11 is 0. The van der Waals surface area contributed by atoms with E-state index < -0.39 is 5.60 Å². The Hall–Kier alpha value is -4.69. The van der Waals surface area contributed by atoms with Crippen molar-refractivity contribution in [3.8, 4) is 28.8 Å². The summed E-state index contributed by atoms with van der Waals surface area (Å²) in [6.07, 6.45) is 8.40. The quantitative estimate of drug-likeness (QED) is 0.318. The number of carbonyl (C=O) groups is 1. The van der Waals surface area contributed by atoms with Gasteiger partial charge in [0, 0.05) is 48.2 Å². The first-order valence-electron chi connectivity index (χ1n) is 14.3. The highest BCUT2D eigenvalue weighted by atomic mass is 16.5. The van der Waals surface area contributed by atoms with Crippen LogP contribution in [0.4, 0.5) is 5.82 Å². The molecule has 0 radical (unpaired) electrons. The summed E-state index contributed by atoms with van der Waals surface area (Å²) in [5.74, 6) is 2.70. The Morgan fingerprint density at radius 3 is 2.53 bits per heavy atom. The molecule has 1 unspecified atom stereocenters. The van der Waals surface area contributed by atoms with Gasteiger partial charge < -0.3 is 24.8 Å². The van der Waals surface area contributed by atoms with Gasteiger partial charge in [-0.05, 0) is 69.7 Å². The topological polar surface area (TPSA) is 138 Å². The van der Waals surface area contributed by atoms with Crippen LogP contribution in [0.5, 0.6) is 11.6 Å². The number of fused-ring (bicyclic) bond motifs is 2. The van der Waals surface area contributed by atoms with Crippen molar-refractivity contribution in [2.24, 2.45) is 11.8 Å². The van der Waals surface area contributed by atoms with Gasteiger partial charge in [-0.2, -0.15) is 10.4 Å². The van der Waals surface area contributed by atoms with Gasteiger partial charge in [0.05, 0.1) is 41.7 Å². The van der Waals surface area contributed by atoms with E-state index >= 15 is 0 Å². The van der Waals surface area contributed by atoms with E-state index in [0.29, 0.717) is 40.1 Å². The fourth-order valence-corrected chi connectivity index (χ4v) is 6.38. The lowest BCUT2D eigenvalue weighted by molar-refractivity contribution is 0.0283. The van der Waals surface area contributed by atoms with Crippen LogP contribution in [0.25, 0.3) is 16.6 Å². The van der Waals surface area contributed by atoms with Crippen LogP contribution in [-0.4, -0.2) is 68.5 Å². The molecule has 0 spiro atoms. The number of nitriles is 1. The molecule has 3 atom stereocenters. The summed E-state index contributed by atoms with van der Waals surface area (Å²) in [4.78, 5) is 24.2. The Morgan fingerprint density at radius 1 is 1.16 bits per heavy atom. The van der Waals surface area contributed by atoms with Crippen LogP contribution >= 0.6 is 0 Å². The molecule has 222 valence electrons. The summed E-state index contributed by atoms with van der Waals surface area (Å²) in [7, 11) is 1.55. The Balaban J connectivity index is 1.15.